The minimum Gasteiger partial charge on any atom is -0.488 e. The second-order valence-corrected chi connectivity index (χ2v) is 6.29. The van der Waals surface area contributed by atoms with Gasteiger partial charge < -0.3 is 4.74 Å². The van der Waals surface area contributed by atoms with Gasteiger partial charge in [0.05, 0.1) is 3.57 Å². The molecule has 0 unspecified atom stereocenters. The Balaban J connectivity index is 2.13. The highest BCUT2D eigenvalue weighted by Crippen LogP contribution is 2.26. The SMILES string of the molecule is O=C(Cl)c1ccc(OCc2ccc(Cl)cc2Cl)c(I)c1. The van der Waals surface area contributed by atoms with E-state index in [1.54, 1.807) is 30.3 Å². The molecular weight excluding hydrogens is 433 g/mol. The molecule has 0 saturated carbocycles. The lowest BCUT2D eigenvalue weighted by Gasteiger charge is -2.10. The molecule has 2 aromatic rings. The lowest BCUT2D eigenvalue weighted by molar-refractivity contribution is 0.108. The van der Waals surface area contributed by atoms with Crippen molar-refractivity contribution in [3.63, 3.8) is 0 Å². The molecular formula is C14H8Cl3IO2. The summed E-state index contributed by atoms with van der Waals surface area (Å²) in [6.45, 7) is 0.320. The number of hydrogen-bond acceptors (Lipinski definition) is 2. The number of benzene rings is 2. The van der Waals surface area contributed by atoms with E-state index < -0.39 is 5.24 Å². The van der Waals surface area contributed by atoms with Gasteiger partial charge in [0, 0.05) is 21.2 Å². The molecule has 0 bridgehead atoms. The molecule has 2 aromatic carbocycles. The highest BCUT2D eigenvalue weighted by molar-refractivity contribution is 14.1. The van der Waals surface area contributed by atoms with Crippen molar-refractivity contribution in [2.24, 2.45) is 0 Å². The fraction of sp³-hybridized carbons (Fsp3) is 0.0714. The van der Waals surface area contributed by atoms with Crippen molar-refractivity contribution in [3.8, 4) is 5.75 Å². The Morgan fingerprint density at radius 1 is 1.15 bits per heavy atom. The maximum atomic E-state index is 11.1. The van der Waals surface area contributed by atoms with Gasteiger partial charge in [0.25, 0.3) is 5.24 Å². The molecule has 104 valence electrons. The van der Waals surface area contributed by atoms with Crippen molar-refractivity contribution in [1.29, 1.82) is 0 Å². The number of rotatable bonds is 4. The van der Waals surface area contributed by atoms with Crippen LogP contribution in [0.1, 0.15) is 15.9 Å². The van der Waals surface area contributed by atoms with E-state index in [1.165, 1.54) is 0 Å². The maximum Gasteiger partial charge on any atom is 0.252 e. The van der Waals surface area contributed by atoms with Gasteiger partial charge in [-0.25, -0.2) is 0 Å². The number of carbonyl (C=O) groups excluding carboxylic acids is 1. The van der Waals surface area contributed by atoms with E-state index in [4.69, 9.17) is 39.5 Å². The fourth-order valence-corrected chi connectivity index (χ4v) is 2.79. The normalized spacial score (nSPS) is 10.4. The molecule has 0 spiro atoms. The molecule has 2 nitrogen and oxygen atoms in total. The van der Waals surface area contributed by atoms with E-state index in [1.807, 2.05) is 6.07 Å². The molecule has 0 radical (unpaired) electrons. The third-order valence-corrected chi connectivity index (χ3v) is 4.21. The highest BCUT2D eigenvalue weighted by Gasteiger charge is 2.08. The third kappa shape index (κ3) is 4.01. The second-order valence-electron chi connectivity index (χ2n) is 3.94. The summed E-state index contributed by atoms with van der Waals surface area (Å²) in [6.07, 6.45) is 0. The van der Waals surface area contributed by atoms with E-state index in [-0.39, 0.29) is 0 Å². The predicted molar refractivity (Wildman–Crippen MR) is 90.1 cm³/mol. The number of ether oxygens (including phenoxy) is 1. The van der Waals surface area contributed by atoms with Crippen molar-refractivity contribution in [1.82, 2.24) is 0 Å². The summed E-state index contributed by atoms with van der Waals surface area (Å²) in [4.78, 5) is 11.1. The Kier molecular flexibility index (Phi) is 5.55. The molecule has 0 saturated heterocycles. The molecule has 0 atom stereocenters. The van der Waals surface area contributed by atoms with Crippen LogP contribution in [0.2, 0.25) is 10.0 Å². The summed E-state index contributed by atoms with van der Waals surface area (Å²) >= 11 is 19.4. The van der Waals surface area contributed by atoms with Crippen LogP contribution in [-0.2, 0) is 6.61 Å². The Labute approximate surface area is 145 Å². The van der Waals surface area contributed by atoms with Crippen LogP contribution >= 0.6 is 57.4 Å². The van der Waals surface area contributed by atoms with E-state index >= 15 is 0 Å². The largest absolute Gasteiger partial charge is 0.488 e. The molecule has 0 N–H and O–H groups in total. The van der Waals surface area contributed by atoms with E-state index in [0.29, 0.717) is 28.0 Å². The molecule has 0 aliphatic heterocycles. The number of hydrogen-bond donors (Lipinski definition) is 0. The average Bonchev–Trinajstić information content (AvgIpc) is 2.38. The zero-order valence-electron chi connectivity index (χ0n) is 10.00. The average molecular weight is 441 g/mol. The van der Waals surface area contributed by atoms with Crippen LogP contribution < -0.4 is 4.74 Å². The molecule has 0 aliphatic carbocycles. The van der Waals surface area contributed by atoms with E-state index in [2.05, 4.69) is 22.6 Å². The van der Waals surface area contributed by atoms with Gasteiger partial charge in [-0.1, -0.05) is 29.3 Å². The first-order chi connectivity index (χ1) is 9.47. The van der Waals surface area contributed by atoms with Gasteiger partial charge in [-0.15, -0.1) is 0 Å². The van der Waals surface area contributed by atoms with Gasteiger partial charge in [0.1, 0.15) is 12.4 Å². The Morgan fingerprint density at radius 3 is 2.50 bits per heavy atom. The van der Waals surface area contributed by atoms with Gasteiger partial charge in [0.2, 0.25) is 0 Å². The zero-order valence-corrected chi connectivity index (χ0v) is 14.4. The van der Waals surface area contributed by atoms with Crippen molar-refractivity contribution in [2.45, 2.75) is 6.61 Å². The van der Waals surface area contributed by atoms with Crippen LogP contribution in [-0.4, -0.2) is 5.24 Å². The minimum atomic E-state index is -0.491. The third-order valence-electron chi connectivity index (χ3n) is 2.56. The van der Waals surface area contributed by atoms with Crippen LogP contribution in [0.4, 0.5) is 0 Å². The monoisotopic (exact) mass is 440 g/mol. The predicted octanol–water partition coefficient (Wildman–Crippen LogP) is 5.56. The van der Waals surface area contributed by atoms with Gasteiger partial charge in [-0.05, 0) is 64.5 Å². The van der Waals surface area contributed by atoms with E-state index in [9.17, 15) is 4.79 Å². The second kappa shape index (κ2) is 6.98. The van der Waals surface area contributed by atoms with Crippen LogP contribution in [0.5, 0.6) is 5.75 Å². The zero-order chi connectivity index (χ0) is 14.7. The van der Waals surface area contributed by atoms with Crippen LogP contribution in [0.3, 0.4) is 0 Å². The fourth-order valence-electron chi connectivity index (χ4n) is 1.53. The first-order valence-electron chi connectivity index (χ1n) is 5.53. The van der Waals surface area contributed by atoms with Gasteiger partial charge in [-0.3, -0.25) is 4.79 Å². The molecule has 0 heterocycles. The highest BCUT2D eigenvalue weighted by atomic mass is 127. The molecule has 0 fully saturated rings. The summed E-state index contributed by atoms with van der Waals surface area (Å²) in [5.74, 6) is 0.665. The minimum absolute atomic E-state index is 0.320. The van der Waals surface area contributed by atoms with Crippen LogP contribution in [0.25, 0.3) is 0 Å². The van der Waals surface area contributed by atoms with Crippen molar-refractivity contribution >= 4 is 62.6 Å². The first kappa shape index (κ1) is 15.9. The molecule has 0 aromatic heterocycles. The number of halogens is 4. The van der Waals surface area contributed by atoms with Crippen LogP contribution in [0.15, 0.2) is 36.4 Å². The smallest absolute Gasteiger partial charge is 0.252 e. The first-order valence-corrected chi connectivity index (χ1v) is 7.75. The Morgan fingerprint density at radius 2 is 1.90 bits per heavy atom. The number of carbonyl (C=O) groups is 1. The van der Waals surface area contributed by atoms with Crippen LogP contribution in [0, 0.1) is 3.57 Å². The van der Waals surface area contributed by atoms with Gasteiger partial charge in [-0.2, -0.15) is 0 Å². The molecule has 6 heteroatoms. The lowest BCUT2D eigenvalue weighted by Crippen LogP contribution is -1.99. The molecule has 0 aliphatic rings. The summed E-state index contributed by atoms with van der Waals surface area (Å²) < 4.78 is 6.49. The Hall–Kier alpha value is -0.490. The van der Waals surface area contributed by atoms with Crippen molar-refractivity contribution in [2.75, 3.05) is 0 Å². The molecule has 0 amide bonds. The van der Waals surface area contributed by atoms with Crippen molar-refractivity contribution < 1.29 is 9.53 Å². The lowest BCUT2D eigenvalue weighted by atomic mass is 10.2. The van der Waals surface area contributed by atoms with Crippen molar-refractivity contribution in [3.05, 3.63) is 61.1 Å². The quantitative estimate of drug-likeness (QED) is 0.459. The summed E-state index contributed by atoms with van der Waals surface area (Å²) in [5, 5.41) is 0.647. The summed E-state index contributed by atoms with van der Waals surface area (Å²) in [6, 6.07) is 10.2. The Bertz CT molecular complexity index is 659. The topological polar surface area (TPSA) is 26.3 Å². The molecule has 2 rings (SSSR count). The summed E-state index contributed by atoms with van der Waals surface area (Å²) in [7, 11) is 0. The van der Waals surface area contributed by atoms with E-state index in [0.717, 1.165) is 9.13 Å². The summed E-state index contributed by atoms with van der Waals surface area (Å²) in [5.41, 5.74) is 1.28. The maximum absolute atomic E-state index is 11.1. The van der Waals surface area contributed by atoms with Gasteiger partial charge in [0.15, 0.2) is 0 Å². The van der Waals surface area contributed by atoms with Gasteiger partial charge >= 0.3 is 0 Å². The molecule has 20 heavy (non-hydrogen) atoms. The standard InChI is InChI=1S/C14H8Cl3IO2/c15-10-3-1-9(11(16)6-10)7-20-13-4-2-8(14(17)19)5-12(13)18/h1-6H,7H2.